The first-order chi connectivity index (χ1) is 18.2. The third-order valence-corrected chi connectivity index (χ3v) is 7.81. The lowest BCUT2D eigenvalue weighted by Crippen LogP contribution is -2.60. The Kier molecular flexibility index (Phi) is 6.65. The van der Waals surface area contributed by atoms with Crippen LogP contribution in [0.4, 0.5) is 4.39 Å². The van der Waals surface area contributed by atoms with Gasteiger partial charge in [0.15, 0.2) is 0 Å². The van der Waals surface area contributed by atoms with E-state index in [0.717, 1.165) is 5.56 Å². The molecule has 0 N–H and O–H groups in total. The molecule has 1 saturated heterocycles. The Balaban J connectivity index is 1.70. The number of nitrogens with zero attached hydrogens (tertiary/aromatic N) is 4. The number of aromatic nitrogens is 1. The highest BCUT2D eigenvalue weighted by atomic mass is 35.5. The molecule has 38 heavy (non-hydrogen) atoms. The van der Waals surface area contributed by atoms with E-state index in [0.29, 0.717) is 30.2 Å². The van der Waals surface area contributed by atoms with Gasteiger partial charge in [0.2, 0.25) is 5.91 Å². The van der Waals surface area contributed by atoms with Gasteiger partial charge in [-0.3, -0.25) is 9.59 Å². The number of amides is 2. The second-order valence-corrected chi connectivity index (χ2v) is 10.4. The highest BCUT2D eigenvalue weighted by molar-refractivity contribution is 6.33. The molecular weight excluding hydrogens is 503 g/mol. The van der Waals surface area contributed by atoms with E-state index in [1.54, 1.807) is 36.1 Å². The molecule has 0 radical (unpaired) electrons. The Morgan fingerprint density at radius 2 is 1.76 bits per heavy atom. The number of carbonyl (C=O) groups is 2. The molecule has 1 aromatic heterocycles. The molecule has 2 aliphatic rings. The predicted molar refractivity (Wildman–Crippen MR) is 147 cm³/mol. The SMILES string of the molecule is C=CC(=O)N1C[C@H](C)N(C2=NC(=O)C(C)(c3ccccc3)c3nc(-c4ccccc4F)c(Cl)cc32)C[C@H]1C. The number of benzene rings is 2. The molecule has 8 heteroatoms. The number of pyridine rings is 1. The maximum atomic E-state index is 14.8. The first kappa shape index (κ1) is 25.8. The fourth-order valence-electron chi connectivity index (χ4n) is 5.35. The van der Waals surface area contributed by atoms with E-state index in [1.165, 1.54) is 12.1 Å². The van der Waals surface area contributed by atoms with Gasteiger partial charge in [-0.25, -0.2) is 9.37 Å². The van der Waals surface area contributed by atoms with Gasteiger partial charge >= 0.3 is 0 Å². The van der Waals surface area contributed by atoms with Crippen molar-refractivity contribution < 1.29 is 14.0 Å². The molecule has 5 rings (SSSR count). The molecule has 1 unspecified atom stereocenters. The van der Waals surface area contributed by atoms with Gasteiger partial charge in [0.25, 0.3) is 5.91 Å². The normalized spacial score (nSPS) is 23.1. The van der Waals surface area contributed by atoms with Gasteiger partial charge in [0.1, 0.15) is 17.1 Å². The lowest BCUT2D eigenvalue weighted by atomic mass is 9.74. The summed E-state index contributed by atoms with van der Waals surface area (Å²) < 4.78 is 14.8. The molecule has 194 valence electrons. The van der Waals surface area contributed by atoms with E-state index in [1.807, 2.05) is 49.1 Å². The highest BCUT2D eigenvalue weighted by Crippen LogP contribution is 2.42. The number of aliphatic imine (C=N–C) groups is 1. The molecule has 2 aliphatic heterocycles. The zero-order valence-electron chi connectivity index (χ0n) is 21.5. The van der Waals surface area contributed by atoms with E-state index >= 15 is 0 Å². The Labute approximate surface area is 226 Å². The largest absolute Gasteiger partial charge is 0.349 e. The Hall–Kier alpha value is -3.84. The number of piperazine rings is 1. The number of halogens is 2. The van der Waals surface area contributed by atoms with Gasteiger partial charge < -0.3 is 9.80 Å². The highest BCUT2D eigenvalue weighted by Gasteiger charge is 2.47. The molecule has 2 aromatic carbocycles. The maximum Gasteiger partial charge on any atom is 0.264 e. The summed E-state index contributed by atoms with van der Waals surface area (Å²) in [6, 6.07) is 17.1. The second-order valence-electron chi connectivity index (χ2n) is 9.97. The molecule has 0 spiro atoms. The quantitative estimate of drug-likeness (QED) is 0.434. The minimum Gasteiger partial charge on any atom is -0.349 e. The lowest BCUT2D eigenvalue weighted by molar-refractivity contribution is -0.130. The average Bonchev–Trinajstić information content (AvgIpc) is 2.92. The van der Waals surface area contributed by atoms with E-state index in [4.69, 9.17) is 16.6 Å². The van der Waals surface area contributed by atoms with Crippen molar-refractivity contribution in [1.29, 1.82) is 0 Å². The molecule has 0 bridgehead atoms. The van der Waals surface area contributed by atoms with Crippen LogP contribution in [0.3, 0.4) is 0 Å². The van der Waals surface area contributed by atoms with Crippen LogP contribution in [0.15, 0.2) is 78.3 Å². The van der Waals surface area contributed by atoms with Crippen LogP contribution >= 0.6 is 11.6 Å². The van der Waals surface area contributed by atoms with Gasteiger partial charge in [-0.1, -0.05) is 60.6 Å². The Morgan fingerprint density at radius 3 is 2.45 bits per heavy atom. The minimum absolute atomic E-state index is 0.137. The second kappa shape index (κ2) is 9.80. The van der Waals surface area contributed by atoms with Crippen LogP contribution in [0.1, 0.15) is 37.6 Å². The van der Waals surface area contributed by atoms with E-state index in [2.05, 4.69) is 11.6 Å². The molecule has 3 aromatic rings. The number of hydrogen-bond donors (Lipinski definition) is 0. The molecule has 2 amide bonds. The van der Waals surface area contributed by atoms with Crippen LogP contribution in [0.25, 0.3) is 11.3 Å². The van der Waals surface area contributed by atoms with Crippen LogP contribution in [0.2, 0.25) is 5.02 Å². The maximum absolute atomic E-state index is 14.8. The summed E-state index contributed by atoms with van der Waals surface area (Å²) in [7, 11) is 0. The first-order valence-electron chi connectivity index (χ1n) is 12.5. The van der Waals surface area contributed by atoms with Crippen molar-refractivity contribution in [1.82, 2.24) is 14.8 Å². The predicted octanol–water partition coefficient (Wildman–Crippen LogP) is 5.24. The first-order valence-corrected chi connectivity index (χ1v) is 12.9. The summed E-state index contributed by atoms with van der Waals surface area (Å²) in [6.45, 7) is 10.2. The van der Waals surface area contributed by atoms with Crippen molar-refractivity contribution in [3.05, 3.63) is 101 Å². The third kappa shape index (κ3) is 4.11. The van der Waals surface area contributed by atoms with Crippen LogP contribution in [-0.4, -0.2) is 57.6 Å². The molecule has 1 fully saturated rings. The van der Waals surface area contributed by atoms with Crippen LogP contribution in [0.5, 0.6) is 0 Å². The van der Waals surface area contributed by atoms with Gasteiger partial charge in [0.05, 0.1) is 16.4 Å². The Bertz CT molecular complexity index is 1470. The summed E-state index contributed by atoms with van der Waals surface area (Å²) in [6.07, 6.45) is 1.31. The van der Waals surface area contributed by atoms with Crippen molar-refractivity contribution in [3.63, 3.8) is 0 Å². The zero-order valence-corrected chi connectivity index (χ0v) is 22.2. The third-order valence-electron chi connectivity index (χ3n) is 7.52. The van der Waals surface area contributed by atoms with Gasteiger partial charge in [-0.05, 0) is 50.6 Å². The van der Waals surface area contributed by atoms with Crippen LogP contribution in [-0.2, 0) is 15.0 Å². The van der Waals surface area contributed by atoms with E-state index < -0.39 is 11.2 Å². The smallest absolute Gasteiger partial charge is 0.264 e. The lowest BCUT2D eigenvalue weighted by Gasteiger charge is -2.46. The summed E-state index contributed by atoms with van der Waals surface area (Å²) in [4.78, 5) is 39.6. The summed E-state index contributed by atoms with van der Waals surface area (Å²) >= 11 is 6.74. The standard InChI is InChI=1S/C30H28ClFN4O2/c1-5-25(37)35-16-19(3)36(17-18(35)2)28-22-15-23(31)26(21-13-9-10-14-24(21)32)33-27(22)30(4,29(38)34-28)20-11-7-6-8-12-20/h5-15,18-19H,1,16-17H2,2-4H3/t18-,19+,30?/m1/s1. The van der Waals surface area contributed by atoms with Crippen molar-refractivity contribution in [2.24, 2.45) is 4.99 Å². The van der Waals surface area contributed by atoms with Gasteiger partial charge in [-0.2, -0.15) is 4.99 Å². The fraction of sp³-hybridized carbons (Fsp3) is 0.267. The monoisotopic (exact) mass is 530 g/mol. The van der Waals surface area contributed by atoms with Crippen LogP contribution in [0, 0.1) is 5.82 Å². The van der Waals surface area contributed by atoms with Crippen molar-refractivity contribution in [3.8, 4) is 11.3 Å². The summed E-state index contributed by atoms with van der Waals surface area (Å²) in [5.41, 5.74) is 1.12. The fourth-order valence-corrected chi connectivity index (χ4v) is 5.60. The van der Waals surface area contributed by atoms with E-state index in [-0.39, 0.29) is 40.2 Å². The molecule has 3 heterocycles. The number of amidine groups is 1. The molecule has 0 aliphatic carbocycles. The Morgan fingerprint density at radius 1 is 1.08 bits per heavy atom. The molecular formula is C30H28ClFN4O2. The van der Waals surface area contributed by atoms with Crippen molar-refractivity contribution in [2.45, 2.75) is 38.3 Å². The molecule has 6 nitrogen and oxygen atoms in total. The van der Waals surface area contributed by atoms with Gasteiger partial charge in [0, 0.05) is 36.3 Å². The van der Waals surface area contributed by atoms with Crippen molar-refractivity contribution >= 4 is 29.3 Å². The summed E-state index contributed by atoms with van der Waals surface area (Å²) in [5.74, 6) is -0.505. The van der Waals surface area contributed by atoms with Crippen molar-refractivity contribution in [2.75, 3.05) is 13.1 Å². The number of fused-ring (bicyclic) bond motifs is 1. The van der Waals surface area contributed by atoms with Gasteiger partial charge in [-0.15, -0.1) is 0 Å². The number of carbonyl (C=O) groups excluding carboxylic acids is 2. The molecule has 0 saturated carbocycles. The topological polar surface area (TPSA) is 65.9 Å². The minimum atomic E-state index is -1.21. The van der Waals surface area contributed by atoms with E-state index in [9.17, 15) is 14.0 Å². The molecule has 3 atom stereocenters. The van der Waals surface area contributed by atoms with Crippen LogP contribution < -0.4 is 0 Å². The zero-order chi connectivity index (χ0) is 27.2. The number of rotatable bonds is 3. The number of hydrogen-bond acceptors (Lipinski definition) is 4. The average molecular weight is 531 g/mol. The summed E-state index contributed by atoms with van der Waals surface area (Å²) in [5, 5.41) is 0.257.